The van der Waals surface area contributed by atoms with Crippen molar-refractivity contribution in [3.8, 4) is 5.75 Å². The first kappa shape index (κ1) is 15.8. The van der Waals surface area contributed by atoms with Gasteiger partial charge in [0.05, 0.1) is 0 Å². The molecule has 1 amide bonds. The van der Waals surface area contributed by atoms with E-state index in [4.69, 9.17) is 4.74 Å². The standard InChI is InChI=1S/C17H26N2O2/c1-13-9-15(11-18-3)10-14(2)17(13)21-12-16(20)19-7-5-4-6-8-19/h9-10,18H,4-8,11-12H2,1-3H3. The fourth-order valence-corrected chi connectivity index (χ4v) is 2.94. The number of likely N-dealkylation sites (tertiary alicyclic amines) is 1. The van der Waals surface area contributed by atoms with Gasteiger partial charge in [-0.1, -0.05) is 12.1 Å². The van der Waals surface area contributed by atoms with Crippen molar-refractivity contribution in [2.45, 2.75) is 39.7 Å². The molecule has 0 unspecified atom stereocenters. The van der Waals surface area contributed by atoms with Gasteiger partial charge in [-0.3, -0.25) is 4.79 Å². The van der Waals surface area contributed by atoms with E-state index < -0.39 is 0 Å². The number of carbonyl (C=O) groups is 1. The first-order chi connectivity index (χ1) is 10.1. The molecule has 0 bridgehead atoms. The Labute approximate surface area is 127 Å². The molecule has 0 aliphatic carbocycles. The van der Waals surface area contributed by atoms with Crippen LogP contribution in [0.25, 0.3) is 0 Å². The summed E-state index contributed by atoms with van der Waals surface area (Å²) in [5.41, 5.74) is 3.42. The summed E-state index contributed by atoms with van der Waals surface area (Å²) >= 11 is 0. The van der Waals surface area contributed by atoms with E-state index in [2.05, 4.69) is 17.4 Å². The number of carbonyl (C=O) groups excluding carboxylic acids is 1. The molecule has 1 fully saturated rings. The number of amides is 1. The van der Waals surface area contributed by atoms with Gasteiger partial charge in [0.2, 0.25) is 0 Å². The predicted molar refractivity (Wildman–Crippen MR) is 84.6 cm³/mol. The monoisotopic (exact) mass is 290 g/mol. The molecule has 0 aromatic heterocycles. The Kier molecular flexibility index (Phi) is 5.62. The van der Waals surface area contributed by atoms with Gasteiger partial charge >= 0.3 is 0 Å². The van der Waals surface area contributed by atoms with Crippen molar-refractivity contribution in [1.82, 2.24) is 10.2 Å². The zero-order valence-corrected chi connectivity index (χ0v) is 13.4. The van der Waals surface area contributed by atoms with Gasteiger partial charge in [-0.05, 0) is 56.8 Å². The predicted octanol–water partition coefficient (Wildman–Crippen LogP) is 2.41. The summed E-state index contributed by atoms with van der Waals surface area (Å²) in [6, 6.07) is 4.23. The second kappa shape index (κ2) is 7.46. The Bertz CT molecular complexity index is 471. The van der Waals surface area contributed by atoms with Crippen molar-refractivity contribution in [3.63, 3.8) is 0 Å². The highest BCUT2D eigenvalue weighted by Gasteiger charge is 2.17. The van der Waals surface area contributed by atoms with Crippen LogP contribution in [0, 0.1) is 13.8 Å². The van der Waals surface area contributed by atoms with Gasteiger partial charge in [-0.2, -0.15) is 0 Å². The lowest BCUT2D eigenvalue weighted by atomic mass is 10.1. The lowest BCUT2D eigenvalue weighted by molar-refractivity contribution is -0.134. The van der Waals surface area contributed by atoms with Gasteiger partial charge in [0, 0.05) is 19.6 Å². The molecule has 116 valence electrons. The molecule has 0 radical (unpaired) electrons. The van der Waals surface area contributed by atoms with E-state index in [1.54, 1.807) is 0 Å². The normalized spacial score (nSPS) is 15.1. The van der Waals surface area contributed by atoms with Crippen LogP contribution < -0.4 is 10.1 Å². The summed E-state index contributed by atoms with van der Waals surface area (Å²) in [6.07, 6.45) is 3.46. The van der Waals surface area contributed by atoms with E-state index >= 15 is 0 Å². The van der Waals surface area contributed by atoms with E-state index in [-0.39, 0.29) is 12.5 Å². The van der Waals surface area contributed by atoms with Gasteiger partial charge < -0.3 is 15.0 Å². The number of aryl methyl sites for hydroxylation is 2. The minimum atomic E-state index is 0.104. The summed E-state index contributed by atoms with van der Waals surface area (Å²) in [4.78, 5) is 14.1. The third-order valence-corrected chi connectivity index (χ3v) is 3.95. The number of nitrogens with zero attached hydrogens (tertiary/aromatic N) is 1. The van der Waals surface area contributed by atoms with Gasteiger partial charge in [0.15, 0.2) is 6.61 Å². The van der Waals surface area contributed by atoms with Crippen LogP contribution in [-0.2, 0) is 11.3 Å². The van der Waals surface area contributed by atoms with Crippen LogP contribution in [0.15, 0.2) is 12.1 Å². The molecule has 1 aromatic carbocycles. The number of ether oxygens (including phenoxy) is 1. The zero-order chi connectivity index (χ0) is 15.2. The number of nitrogens with one attached hydrogen (secondary N) is 1. The molecule has 1 aliphatic heterocycles. The number of hydrogen-bond donors (Lipinski definition) is 1. The summed E-state index contributed by atoms with van der Waals surface area (Å²) in [7, 11) is 1.94. The number of rotatable bonds is 5. The van der Waals surface area contributed by atoms with Crippen molar-refractivity contribution in [2.24, 2.45) is 0 Å². The van der Waals surface area contributed by atoms with Crippen LogP contribution in [0.4, 0.5) is 0 Å². The second-order valence-corrected chi connectivity index (χ2v) is 5.82. The Morgan fingerprint density at radius 3 is 2.38 bits per heavy atom. The van der Waals surface area contributed by atoms with Crippen LogP contribution in [0.3, 0.4) is 0 Å². The molecule has 1 N–H and O–H groups in total. The fraction of sp³-hybridized carbons (Fsp3) is 0.588. The van der Waals surface area contributed by atoms with Gasteiger partial charge in [0.1, 0.15) is 5.75 Å². The lowest BCUT2D eigenvalue weighted by Crippen LogP contribution is -2.38. The van der Waals surface area contributed by atoms with Crippen LogP contribution in [0.5, 0.6) is 5.75 Å². The van der Waals surface area contributed by atoms with Crippen LogP contribution in [0.2, 0.25) is 0 Å². The topological polar surface area (TPSA) is 41.6 Å². The second-order valence-electron chi connectivity index (χ2n) is 5.82. The van der Waals surface area contributed by atoms with Gasteiger partial charge in [0.25, 0.3) is 5.91 Å². The highest BCUT2D eigenvalue weighted by atomic mass is 16.5. The van der Waals surface area contributed by atoms with Gasteiger partial charge in [-0.15, -0.1) is 0 Å². The van der Waals surface area contributed by atoms with E-state index in [1.165, 1.54) is 12.0 Å². The van der Waals surface area contributed by atoms with Crippen molar-refractivity contribution < 1.29 is 9.53 Å². The summed E-state index contributed by atoms with van der Waals surface area (Å²) in [6.45, 7) is 6.81. The van der Waals surface area contributed by atoms with Crippen molar-refractivity contribution >= 4 is 5.91 Å². The highest BCUT2D eigenvalue weighted by molar-refractivity contribution is 5.78. The Balaban J connectivity index is 1.97. The molecule has 1 aromatic rings. The number of hydrogen-bond acceptors (Lipinski definition) is 3. The molecule has 1 saturated heterocycles. The Morgan fingerprint density at radius 1 is 1.19 bits per heavy atom. The van der Waals surface area contributed by atoms with Gasteiger partial charge in [-0.25, -0.2) is 0 Å². The largest absolute Gasteiger partial charge is 0.483 e. The summed E-state index contributed by atoms with van der Waals surface area (Å²) in [5, 5.41) is 3.15. The highest BCUT2D eigenvalue weighted by Crippen LogP contribution is 2.25. The average molecular weight is 290 g/mol. The maximum atomic E-state index is 12.2. The number of piperidine rings is 1. The van der Waals surface area contributed by atoms with Crippen molar-refractivity contribution in [3.05, 3.63) is 28.8 Å². The maximum absolute atomic E-state index is 12.2. The molecule has 2 rings (SSSR count). The fourth-order valence-electron chi connectivity index (χ4n) is 2.94. The maximum Gasteiger partial charge on any atom is 0.260 e. The molecular weight excluding hydrogens is 264 g/mol. The van der Waals surface area contributed by atoms with Crippen LogP contribution in [-0.4, -0.2) is 37.6 Å². The van der Waals surface area contributed by atoms with E-state index in [9.17, 15) is 4.79 Å². The molecule has 4 heteroatoms. The van der Waals surface area contributed by atoms with E-state index in [0.29, 0.717) is 0 Å². The molecule has 0 saturated carbocycles. The first-order valence-corrected chi connectivity index (χ1v) is 7.77. The first-order valence-electron chi connectivity index (χ1n) is 7.77. The minimum absolute atomic E-state index is 0.104. The SMILES string of the molecule is CNCc1cc(C)c(OCC(=O)N2CCCCC2)c(C)c1. The minimum Gasteiger partial charge on any atom is -0.483 e. The molecule has 21 heavy (non-hydrogen) atoms. The zero-order valence-electron chi connectivity index (χ0n) is 13.4. The van der Waals surface area contributed by atoms with Crippen LogP contribution >= 0.6 is 0 Å². The lowest BCUT2D eigenvalue weighted by Gasteiger charge is -2.27. The summed E-state index contributed by atoms with van der Waals surface area (Å²) in [5.74, 6) is 0.952. The Morgan fingerprint density at radius 2 is 1.81 bits per heavy atom. The smallest absolute Gasteiger partial charge is 0.260 e. The van der Waals surface area contributed by atoms with Crippen molar-refractivity contribution in [1.29, 1.82) is 0 Å². The van der Waals surface area contributed by atoms with E-state index in [1.807, 2.05) is 25.8 Å². The molecule has 0 atom stereocenters. The third kappa shape index (κ3) is 4.21. The van der Waals surface area contributed by atoms with Crippen molar-refractivity contribution in [2.75, 3.05) is 26.7 Å². The summed E-state index contributed by atoms with van der Waals surface area (Å²) < 4.78 is 5.80. The van der Waals surface area contributed by atoms with E-state index in [0.717, 1.165) is 49.4 Å². The van der Waals surface area contributed by atoms with Crippen LogP contribution in [0.1, 0.15) is 36.0 Å². The molecule has 4 nitrogen and oxygen atoms in total. The third-order valence-electron chi connectivity index (χ3n) is 3.95. The Hall–Kier alpha value is -1.55. The average Bonchev–Trinajstić information content (AvgIpc) is 2.47. The molecular formula is C17H26N2O2. The molecule has 0 spiro atoms. The quantitative estimate of drug-likeness (QED) is 0.905. The molecule has 1 heterocycles. The number of benzene rings is 1. The molecule has 1 aliphatic rings.